The fourth-order valence-electron chi connectivity index (χ4n) is 4.34. The third-order valence-electron chi connectivity index (χ3n) is 5.92. The van der Waals surface area contributed by atoms with E-state index >= 15 is 0 Å². The van der Waals surface area contributed by atoms with Gasteiger partial charge in [-0.15, -0.1) is 0 Å². The molecule has 5 heteroatoms. The number of likely N-dealkylation sites (tertiary alicyclic amines) is 1. The van der Waals surface area contributed by atoms with Gasteiger partial charge in [0.1, 0.15) is 6.10 Å². The Kier molecular flexibility index (Phi) is 6.68. The van der Waals surface area contributed by atoms with Crippen molar-refractivity contribution in [3.63, 3.8) is 0 Å². The van der Waals surface area contributed by atoms with Crippen molar-refractivity contribution < 1.29 is 14.6 Å². The molecule has 0 spiro atoms. The molecule has 1 aliphatic heterocycles. The van der Waals surface area contributed by atoms with Gasteiger partial charge in [-0.2, -0.15) is 0 Å². The number of aliphatic hydroxyl groups is 1. The van der Waals surface area contributed by atoms with Gasteiger partial charge in [0.2, 0.25) is 0 Å². The van der Waals surface area contributed by atoms with Crippen LogP contribution in [0.25, 0.3) is 0 Å². The smallest absolute Gasteiger partial charge is 0.251 e. The van der Waals surface area contributed by atoms with Crippen LogP contribution in [0.1, 0.15) is 56.9 Å². The number of piperidine rings is 1. The van der Waals surface area contributed by atoms with E-state index in [1.165, 1.54) is 12.5 Å². The van der Waals surface area contributed by atoms with Gasteiger partial charge in [-0.1, -0.05) is 30.3 Å². The molecule has 0 aromatic heterocycles. The van der Waals surface area contributed by atoms with Crippen LogP contribution in [0.3, 0.4) is 0 Å². The monoisotopic (exact) mass is 360 g/mol. The van der Waals surface area contributed by atoms with E-state index in [1.54, 1.807) is 4.90 Å². The first-order valence-electron chi connectivity index (χ1n) is 9.97. The summed E-state index contributed by atoms with van der Waals surface area (Å²) >= 11 is 0. The van der Waals surface area contributed by atoms with Crippen LogP contribution in [0.2, 0.25) is 0 Å². The molecule has 0 radical (unpaired) electrons. The maximum absolute atomic E-state index is 12.3. The molecular formula is C21H32N2O3. The molecule has 0 unspecified atom stereocenters. The lowest BCUT2D eigenvalue weighted by molar-refractivity contribution is -0.146. The molecule has 0 bridgehead atoms. The minimum atomic E-state index is -0.982. The number of carbonyl (C=O) groups is 1. The lowest BCUT2D eigenvalue weighted by Crippen LogP contribution is -2.58. The van der Waals surface area contributed by atoms with Gasteiger partial charge in [-0.25, -0.2) is 0 Å². The second-order valence-electron chi connectivity index (χ2n) is 7.80. The maximum Gasteiger partial charge on any atom is 0.251 e. The van der Waals surface area contributed by atoms with E-state index in [-0.39, 0.29) is 24.1 Å². The van der Waals surface area contributed by atoms with E-state index in [0.717, 1.165) is 38.5 Å². The van der Waals surface area contributed by atoms with Crippen molar-refractivity contribution in [2.75, 3.05) is 13.2 Å². The highest BCUT2D eigenvalue weighted by molar-refractivity contribution is 5.80. The van der Waals surface area contributed by atoms with E-state index in [0.29, 0.717) is 19.1 Å². The van der Waals surface area contributed by atoms with Gasteiger partial charge in [0.25, 0.3) is 5.91 Å². The molecule has 3 N–H and O–H groups in total. The zero-order chi connectivity index (χ0) is 18.5. The van der Waals surface area contributed by atoms with E-state index in [4.69, 9.17) is 10.5 Å². The van der Waals surface area contributed by atoms with Crippen LogP contribution < -0.4 is 5.73 Å². The Morgan fingerprint density at radius 2 is 1.92 bits per heavy atom. The predicted octanol–water partition coefficient (Wildman–Crippen LogP) is 2.43. The van der Waals surface area contributed by atoms with Crippen LogP contribution in [0.15, 0.2) is 30.3 Å². The highest BCUT2D eigenvalue weighted by Crippen LogP contribution is 2.34. The molecule has 5 nitrogen and oxygen atoms in total. The van der Waals surface area contributed by atoms with E-state index < -0.39 is 6.10 Å². The molecular weight excluding hydrogens is 328 g/mol. The summed E-state index contributed by atoms with van der Waals surface area (Å²) in [6.07, 6.45) is 5.43. The third-order valence-corrected chi connectivity index (χ3v) is 5.92. The van der Waals surface area contributed by atoms with Crippen LogP contribution in [0.5, 0.6) is 0 Å². The molecule has 3 rings (SSSR count). The third kappa shape index (κ3) is 4.64. The molecule has 2 fully saturated rings. The van der Waals surface area contributed by atoms with Crippen molar-refractivity contribution in [2.45, 2.75) is 75.7 Å². The zero-order valence-corrected chi connectivity index (χ0v) is 15.7. The highest BCUT2D eigenvalue weighted by atomic mass is 16.5. The minimum absolute atomic E-state index is 0.0768. The van der Waals surface area contributed by atoms with Gasteiger partial charge < -0.3 is 20.5 Å². The normalized spacial score (nSPS) is 30.8. The summed E-state index contributed by atoms with van der Waals surface area (Å²) in [6, 6.07) is 10.5. The van der Waals surface area contributed by atoms with E-state index in [2.05, 4.69) is 30.3 Å². The Balaban J connectivity index is 1.51. The predicted molar refractivity (Wildman–Crippen MR) is 102 cm³/mol. The molecule has 1 saturated carbocycles. The van der Waals surface area contributed by atoms with Gasteiger partial charge in [0.05, 0.1) is 18.8 Å². The number of carbonyl (C=O) groups excluding carboxylic acids is 1. The Hall–Kier alpha value is -1.43. The number of nitrogens with zero attached hydrogens (tertiary/aromatic N) is 1. The number of benzene rings is 1. The second kappa shape index (κ2) is 8.98. The van der Waals surface area contributed by atoms with Gasteiger partial charge in [-0.3, -0.25) is 4.79 Å². The maximum atomic E-state index is 12.3. The number of ether oxygens (including phenoxy) is 1. The van der Waals surface area contributed by atoms with Crippen molar-refractivity contribution in [1.82, 2.24) is 4.90 Å². The van der Waals surface area contributed by atoms with Crippen LogP contribution >= 0.6 is 0 Å². The Bertz CT molecular complexity index is 570. The van der Waals surface area contributed by atoms with Crippen molar-refractivity contribution in [1.29, 1.82) is 0 Å². The van der Waals surface area contributed by atoms with Crippen molar-refractivity contribution in [2.24, 2.45) is 5.73 Å². The summed E-state index contributed by atoms with van der Waals surface area (Å²) in [5, 5.41) is 9.66. The van der Waals surface area contributed by atoms with Gasteiger partial charge in [-0.05, 0) is 56.9 Å². The molecule has 3 atom stereocenters. The summed E-state index contributed by atoms with van der Waals surface area (Å²) in [7, 11) is 0. The fraction of sp³-hybridized carbons (Fsp3) is 0.667. The molecule has 1 amide bonds. The van der Waals surface area contributed by atoms with Crippen LogP contribution in [-0.4, -0.2) is 53.4 Å². The van der Waals surface area contributed by atoms with Crippen molar-refractivity contribution in [3.05, 3.63) is 35.9 Å². The molecule has 26 heavy (non-hydrogen) atoms. The minimum Gasteiger partial charge on any atom is -0.384 e. The Morgan fingerprint density at radius 3 is 2.58 bits per heavy atom. The Labute approximate surface area is 156 Å². The number of nitrogens with two attached hydrogens (primary N) is 1. The summed E-state index contributed by atoms with van der Waals surface area (Å²) in [4.78, 5) is 14.0. The largest absolute Gasteiger partial charge is 0.384 e. The number of rotatable bonds is 5. The first kappa shape index (κ1) is 19.3. The first-order chi connectivity index (χ1) is 12.6. The van der Waals surface area contributed by atoms with E-state index in [1.807, 2.05) is 0 Å². The molecule has 1 aliphatic carbocycles. The average molecular weight is 360 g/mol. The van der Waals surface area contributed by atoms with Gasteiger partial charge in [0, 0.05) is 12.6 Å². The van der Waals surface area contributed by atoms with Gasteiger partial charge in [0.15, 0.2) is 0 Å². The van der Waals surface area contributed by atoms with Crippen molar-refractivity contribution >= 4 is 5.91 Å². The zero-order valence-electron chi connectivity index (χ0n) is 15.7. The average Bonchev–Trinajstić information content (AvgIpc) is 2.67. The lowest BCUT2D eigenvalue weighted by atomic mass is 9.83. The quantitative estimate of drug-likeness (QED) is 0.846. The molecule has 144 valence electrons. The second-order valence-corrected chi connectivity index (χ2v) is 7.80. The summed E-state index contributed by atoms with van der Waals surface area (Å²) in [6.45, 7) is 2.65. The summed E-state index contributed by atoms with van der Waals surface area (Å²) in [5.41, 5.74) is 7.69. The first-order valence-corrected chi connectivity index (χ1v) is 9.97. The number of hydrogen-bond acceptors (Lipinski definition) is 4. The molecule has 2 aliphatic rings. The topological polar surface area (TPSA) is 75.8 Å². The summed E-state index contributed by atoms with van der Waals surface area (Å²) < 4.78 is 6.18. The molecule has 1 saturated heterocycles. The number of aliphatic hydroxyl groups excluding tert-OH is 1. The molecule has 1 aromatic carbocycles. The van der Waals surface area contributed by atoms with Crippen LogP contribution in [0, 0.1) is 0 Å². The standard InChI is InChI=1S/C21H32N2O3/c1-15(24)21(25)23-13-5-8-19(22)20(23)14-26-18-11-9-17(10-12-18)16-6-3-2-4-7-16/h2-4,6-7,15,17-20,24H,5,8-14,22H2,1H3/t15-,17-,18+,19-,20-/m0/s1. The molecule has 1 aromatic rings. The van der Waals surface area contributed by atoms with Crippen LogP contribution in [0.4, 0.5) is 0 Å². The number of hydrogen-bond donors (Lipinski definition) is 2. The van der Waals surface area contributed by atoms with E-state index in [9.17, 15) is 9.90 Å². The molecule has 1 heterocycles. The summed E-state index contributed by atoms with van der Waals surface area (Å²) in [5.74, 6) is 0.392. The SMILES string of the molecule is C[C@H](O)C(=O)N1CCC[C@H](N)[C@@H]1CO[C@H]1CC[C@@H](c2ccccc2)CC1. The fourth-order valence-corrected chi connectivity index (χ4v) is 4.34. The van der Waals surface area contributed by atoms with Gasteiger partial charge >= 0.3 is 0 Å². The lowest BCUT2D eigenvalue weighted by Gasteiger charge is -2.41. The van der Waals surface area contributed by atoms with Crippen LogP contribution in [-0.2, 0) is 9.53 Å². The number of amides is 1. The highest BCUT2D eigenvalue weighted by Gasteiger charge is 2.35. The Morgan fingerprint density at radius 1 is 1.23 bits per heavy atom. The van der Waals surface area contributed by atoms with Crippen molar-refractivity contribution in [3.8, 4) is 0 Å².